The molecule has 134 valence electrons. The molecule has 1 fully saturated rings. The second-order valence-corrected chi connectivity index (χ2v) is 8.03. The molecule has 0 radical (unpaired) electrons. The van der Waals surface area contributed by atoms with Crippen molar-refractivity contribution in [1.29, 1.82) is 0 Å². The van der Waals surface area contributed by atoms with E-state index in [1.807, 2.05) is 30.7 Å². The molecule has 0 N–H and O–H groups in total. The van der Waals surface area contributed by atoms with E-state index in [0.29, 0.717) is 22.7 Å². The number of thiazole rings is 1. The van der Waals surface area contributed by atoms with E-state index in [9.17, 15) is 4.79 Å². The molecule has 25 heavy (non-hydrogen) atoms. The molecule has 0 bridgehead atoms. The third-order valence-corrected chi connectivity index (χ3v) is 5.36. The Morgan fingerprint density at radius 3 is 3.08 bits per heavy atom. The molecule has 1 aromatic heterocycles. The van der Waals surface area contributed by atoms with Gasteiger partial charge in [-0.3, -0.25) is 4.79 Å². The molecule has 1 aliphatic rings. The lowest BCUT2D eigenvalue weighted by Crippen LogP contribution is -2.23. The first kappa shape index (κ1) is 18.4. The van der Waals surface area contributed by atoms with Gasteiger partial charge in [-0.25, -0.2) is 0 Å². The highest BCUT2D eigenvalue weighted by Crippen LogP contribution is 2.24. The van der Waals surface area contributed by atoms with Crippen LogP contribution in [-0.2, 0) is 11.3 Å². The van der Waals surface area contributed by atoms with Crippen molar-refractivity contribution in [3.8, 4) is 5.75 Å². The van der Waals surface area contributed by atoms with Crippen LogP contribution in [0.2, 0.25) is 0 Å². The van der Waals surface area contributed by atoms with Gasteiger partial charge < -0.3 is 14.0 Å². The average molecular weight is 425 g/mol. The minimum atomic E-state index is -0.298. The minimum Gasteiger partial charge on any atom is -0.493 e. The van der Waals surface area contributed by atoms with Crippen LogP contribution >= 0.6 is 27.3 Å². The number of carbonyl (C=O) groups excluding carboxylic acids is 1. The summed E-state index contributed by atoms with van der Waals surface area (Å²) in [6.45, 7) is 5.96. The van der Waals surface area contributed by atoms with E-state index in [1.54, 1.807) is 12.1 Å². The van der Waals surface area contributed by atoms with Crippen molar-refractivity contribution >= 4 is 33.2 Å². The van der Waals surface area contributed by atoms with E-state index in [-0.39, 0.29) is 12.0 Å². The molecule has 1 amide bonds. The molecule has 0 saturated carbocycles. The number of hydrogen-bond acceptors (Lipinski definition) is 4. The molecule has 0 aliphatic carbocycles. The summed E-state index contributed by atoms with van der Waals surface area (Å²) in [7, 11) is 0. The summed E-state index contributed by atoms with van der Waals surface area (Å²) in [6, 6.07) is 5.40. The van der Waals surface area contributed by atoms with Crippen LogP contribution in [0, 0.1) is 6.92 Å². The maximum Gasteiger partial charge on any atom is 0.283 e. The van der Waals surface area contributed by atoms with Gasteiger partial charge in [0.25, 0.3) is 5.91 Å². The number of halogens is 1. The van der Waals surface area contributed by atoms with E-state index in [1.165, 1.54) is 11.3 Å². The maximum atomic E-state index is 12.8. The van der Waals surface area contributed by atoms with Crippen LogP contribution in [-0.4, -0.2) is 29.8 Å². The monoisotopic (exact) mass is 424 g/mol. The van der Waals surface area contributed by atoms with Gasteiger partial charge in [0.05, 0.1) is 24.8 Å². The van der Waals surface area contributed by atoms with Crippen LogP contribution in [0.3, 0.4) is 0 Å². The molecule has 2 heterocycles. The molecular weight excluding hydrogens is 404 g/mol. The van der Waals surface area contributed by atoms with Crippen molar-refractivity contribution < 1.29 is 14.3 Å². The molecular formula is C18H21BrN2O3S. The Labute approximate surface area is 159 Å². The molecule has 0 unspecified atom stereocenters. The second kappa shape index (κ2) is 8.29. The van der Waals surface area contributed by atoms with Gasteiger partial charge in [0.15, 0.2) is 4.80 Å². The van der Waals surface area contributed by atoms with Crippen LogP contribution < -0.4 is 9.54 Å². The van der Waals surface area contributed by atoms with E-state index in [2.05, 4.69) is 20.9 Å². The second-order valence-electron chi connectivity index (χ2n) is 5.90. The Morgan fingerprint density at radius 1 is 1.52 bits per heavy atom. The lowest BCUT2D eigenvalue weighted by molar-refractivity contribution is 0.0948. The number of amides is 1. The fraction of sp³-hybridized carbons (Fsp3) is 0.444. The molecule has 1 atom stereocenters. The van der Waals surface area contributed by atoms with Gasteiger partial charge in [-0.05, 0) is 44.9 Å². The summed E-state index contributed by atoms with van der Waals surface area (Å²) in [5.74, 6) is 0.256. The van der Waals surface area contributed by atoms with E-state index in [4.69, 9.17) is 9.47 Å². The van der Waals surface area contributed by atoms with Crippen LogP contribution in [0.15, 0.2) is 33.9 Å². The quantitative estimate of drug-likeness (QED) is 0.729. The Kier molecular flexibility index (Phi) is 6.09. The Morgan fingerprint density at radius 2 is 2.36 bits per heavy atom. The first-order chi connectivity index (χ1) is 12.1. The molecule has 5 nitrogen and oxygen atoms in total. The zero-order valence-corrected chi connectivity index (χ0v) is 16.7. The number of aryl methyl sites for hydroxylation is 1. The van der Waals surface area contributed by atoms with Gasteiger partial charge in [-0.2, -0.15) is 4.99 Å². The number of aromatic nitrogens is 1. The maximum absolute atomic E-state index is 12.8. The number of carbonyl (C=O) groups is 1. The largest absolute Gasteiger partial charge is 0.493 e. The zero-order valence-electron chi connectivity index (χ0n) is 14.3. The van der Waals surface area contributed by atoms with Gasteiger partial charge in [0.2, 0.25) is 0 Å². The predicted molar refractivity (Wildman–Crippen MR) is 101 cm³/mol. The van der Waals surface area contributed by atoms with Crippen LogP contribution in [0.5, 0.6) is 5.75 Å². The van der Waals surface area contributed by atoms with E-state index >= 15 is 0 Å². The third kappa shape index (κ3) is 4.59. The fourth-order valence-electron chi connectivity index (χ4n) is 2.83. The van der Waals surface area contributed by atoms with Crippen molar-refractivity contribution in [3.63, 3.8) is 0 Å². The van der Waals surface area contributed by atoms with Crippen molar-refractivity contribution in [2.24, 2.45) is 4.99 Å². The molecule has 1 aromatic carbocycles. The first-order valence-corrected chi connectivity index (χ1v) is 9.97. The molecule has 2 aromatic rings. The number of benzene rings is 1. The summed E-state index contributed by atoms with van der Waals surface area (Å²) >= 11 is 4.92. The highest BCUT2D eigenvalue weighted by molar-refractivity contribution is 9.10. The van der Waals surface area contributed by atoms with Crippen LogP contribution in [0.4, 0.5) is 0 Å². The standard InChI is InChI=1S/C18H21BrN2O3S/c1-3-23-16-7-6-13(19)9-15(16)17(22)20-18-21(10-12(2)25-18)11-14-5-4-8-24-14/h6-7,9-10,14H,3-5,8,11H2,1-2H3/t14-/m1/s1. The summed E-state index contributed by atoms with van der Waals surface area (Å²) in [4.78, 5) is 18.9. The Hall–Kier alpha value is -1.44. The minimum absolute atomic E-state index is 0.202. The highest BCUT2D eigenvalue weighted by atomic mass is 79.9. The summed E-state index contributed by atoms with van der Waals surface area (Å²) in [5.41, 5.74) is 0.464. The van der Waals surface area contributed by atoms with Crippen LogP contribution in [0.25, 0.3) is 0 Å². The van der Waals surface area contributed by atoms with E-state index < -0.39 is 0 Å². The molecule has 1 saturated heterocycles. The number of rotatable bonds is 5. The normalized spacial score (nSPS) is 17.9. The molecule has 3 rings (SSSR count). The molecule has 1 aliphatic heterocycles. The van der Waals surface area contributed by atoms with Crippen molar-refractivity contribution in [2.45, 2.75) is 39.3 Å². The summed E-state index contributed by atoms with van der Waals surface area (Å²) in [6.07, 6.45) is 4.38. The predicted octanol–water partition coefficient (Wildman–Crippen LogP) is 3.94. The SMILES string of the molecule is CCOc1ccc(Br)cc1C(=O)N=c1sc(C)cn1C[C@H]1CCCO1. The lowest BCUT2D eigenvalue weighted by Gasteiger charge is -2.10. The number of ether oxygens (including phenoxy) is 2. The summed E-state index contributed by atoms with van der Waals surface area (Å²) in [5, 5.41) is 0. The van der Waals surface area contributed by atoms with Gasteiger partial charge >= 0.3 is 0 Å². The lowest BCUT2D eigenvalue weighted by atomic mass is 10.2. The van der Waals surface area contributed by atoms with Gasteiger partial charge in [-0.15, -0.1) is 11.3 Å². The van der Waals surface area contributed by atoms with Gasteiger partial charge in [-0.1, -0.05) is 15.9 Å². The average Bonchev–Trinajstić information content (AvgIpc) is 3.20. The molecule has 7 heteroatoms. The van der Waals surface area contributed by atoms with Gasteiger partial charge in [0.1, 0.15) is 5.75 Å². The fourth-order valence-corrected chi connectivity index (χ4v) is 4.03. The molecule has 0 spiro atoms. The van der Waals surface area contributed by atoms with Crippen molar-refractivity contribution in [1.82, 2.24) is 4.57 Å². The zero-order chi connectivity index (χ0) is 17.8. The topological polar surface area (TPSA) is 52.8 Å². The first-order valence-electron chi connectivity index (χ1n) is 8.36. The van der Waals surface area contributed by atoms with Crippen LogP contribution in [0.1, 0.15) is 35.0 Å². The smallest absolute Gasteiger partial charge is 0.283 e. The number of hydrogen-bond donors (Lipinski definition) is 0. The van der Waals surface area contributed by atoms with Gasteiger partial charge in [0, 0.05) is 22.2 Å². The highest BCUT2D eigenvalue weighted by Gasteiger charge is 2.18. The van der Waals surface area contributed by atoms with Crippen molar-refractivity contribution in [3.05, 3.63) is 44.1 Å². The number of nitrogens with zero attached hydrogens (tertiary/aromatic N) is 2. The Balaban J connectivity index is 1.92. The van der Waals surface area contributed by atoms with E-state index in [0.717, 1.165) is 35.3 Å². The van der Waals surface area contributed by atoms with Crippen molar-refractivity contribution in [2.75, 3.05) is 13.2 Å². The summed E-state index contributed by atoms with van der Waals surface area (Å²) < 4.78 is 14.1. The Bertz CT molecular complexity index is 822. The third-order valence-electron chi connectivity index (χ3n) is 3.93.